The molecule has 0 saturated carbocycles. The van der Waals surface area contributed by atoms with Crippen LogP contribution in [0, 0.1) is 0 Å². The molecule has 0 amide bonds. The molecule has 0 rings (SSSR count). The van der Waals surface area contributed by atoms with E-state index < -0.39 is 0 Å². The van der Waals surface area contributed by atoms with Crippen molar-refractivity contribution in [1.29, 1.82) is 0 Å². The molecule has 0 N–H and O–H groups in total. The summed E-state index contributed by atoms with van der Waals surface area (Å²) in [6.07, 6.45) is 0. The van der Waals surface area contributed by atoms with E-state index in [0.717, 1.165) is 0 Å². The van der Waals surface area contributed by atoms with Gasteiger partial charge in [0.15, 0.2) is 4.32 Å². The molecule has 5 heavy (non-hydrogen) atoms. The second-order valence-electron chi connectivity index (χ2n) is 0.441. The first kappa shape index (κ1) is 5.11. The van der Waals surface area contributed by atoms with E-state index in [1.54, 1.807) is 0 Å². The van der Waals surface area contributed by atoms with Crippen LogP contribution in [0.25, 0.3) is 0 Å². The van der Waals surface area contributed by atoms with E-state index in [0.29, 0.717) is 4.32 Å². The summed E-state index contributed by atoms with van der Waals surface area (Å²) in [5.41, 5.74) is 0. The summed E-state index contributed by atoms with van der Waals surface area (Å²) in [6.45, 7) is 3.09. The lowest BCUT2D eigenvalue weighted by Crippen LogP contribution is -1.63. The lowest BCUT2D eigenvalue weighted by molar-refractivity contribution is 1.91. The van der Waals surface area contributed by atoms with Crippen LogP contribution in [0.4, 0.5) is 0 Å². The van der Waals surface area contributed by atoms with Crippen molar-refractivity contribution in [2.45, 2.75) is 0 Å². The van der Waals surface area contributed by atoms with Crippen molar-refractivity contribution in [2.24, 2.45) is 4.99 Å². The van der Waals surface area contributed by atoms with Gasteiger partial charge in [-0.05, 0) is 6.72 Å². The van der Waals surface area contributed by atoms with Gasteiger partial charge < -0.3 is 0 Å². The number of hydrogen-bond acceptors (Lipinski definition) is 1. The average molecular weight is 105 g/mol. The molecule has 0 atom stereocenters. The van der Waals surface area contributed by atoms with Crippen LogP contribution in [0.1, 0.15) is 0 Å². The highest BCUT2D eigenvalue weighted by molar-refractivity contribution is 8.11. The molecule has 0 radical (unpaired) electrons. The first-order valence-electron chi connectivity index (χ1n) is 0.968. The SMILES string of the molecule is C=NC(=S)S. The maximum Gasteiger partial charge on any atom is 0.155 e. The monoisotopic (exact) mass is 105 g/mol. The number of nitrogens with zero attached hydrogens (tertiary/aromatic N) is 1. The average Bonchev–Trinajstić information content (AvgIpc) is 1.38. The van der Waals surface area contributed by atoms with Gasteiger partial charge in [0, 0.05) is 0 Å². The third-order valence-electron chi connectivity index (χ3n) is 0.135. The van der Waals surface area contributed by atoms with E-state index in [9.17, 15) is 0 Å². The summed E-state index contributed by atoms with van der Waals surface area (Å²) in [6, 6.07) is 0. The van der Waals surface area contributed by atoms with E-state index in [2.05, 4.69) is 36.6 Å². The Morgan fingerprint density at radius 2 is 2.20 bits per heavy atom. The Labute approximate surface area is 41.5 Å². The third kappa shape index (κ3) is 4.11. The second kappa shape index (κ2) is 2.35. The van der Waals surface area contributed by atoms with Crippen molar-refractivity contribution in [2.75, 3.05) is 0 Å². The number of rotatable bonds is 0. The fourth-order valence-corrected chi connectivity index (χ4v) is 0. The van der Waals surface area contributed by atoms with Crippen LogP contribution in [0.15, 0.2) is 4.99 Å². The predicted octanol–water partition coefficient (Wildman–Crippen LogP) is 0.902. The van der Waals surface area contributed by atoms with Crippen LogP contribution in [-0.2, 0) is 0 Å². The number of thiol groups is 1. The van der Waals surface area contributed by atoms with Crippen molar-refractivity contribution < 1.29 is 0 Å². The quantitative estimate of drug-likeness (QED) is 0.274. The maximum absolute atomic E-state index is 4.33. The van der Waals surface area contributed by atoms with Gasteiger partial charge in [0.1, 0.15) is 0 Å². The summed E-state index contributed by atoms with van der Waals surface area (Å²) in [7, 11) is 0. The molecule has 0 aliphatic rings. The molecule has 0 heterocycles. The van der Waals surface area contributed by atoms with Gasteiger partial charge in [0.2, 0.25) is 0 Å². The predicted molar refractivity (Wildman–Crippen MR) is 31.1 cm³/mol. The zero-order valence-electron chi connectivity index (χ0n) is 2.51. The number of hydrogen-bond donors (Lipinski definition) is 1. The minimum Gasteiger partial charge on any atom is -0.246 e. The van der Waals surface area contributed by atoms with E-state index in [1.807, 2.05) is 0 Å². The van der Waals surface area contributed by atoms with Crippen LogP contribution in [-0.4, -0.2) is 11.0 Å². The minimum absolute atomic E-state index is 0.296. The molecular formula is C2H3NS2. The molecule has 0 aromatic rings. The van der Waals surface area contributed by atoms with Crippen molar-refractivity contribution in [3.05, 3.63) is 0 Å². The highest BCUT2D eigenvalue weighted by atomic mass is 32.1. The first-order chi connectivity index (χ1) is 2.27. The fraction of sp³-hybridized carbons (Fsp3) is 0. The summed E-state index contributed by atoms with van der Waals surface area (Å²) in [5.74, 6) is 0. The fourth-order valence-electron chi connectivity index (χ4n) is 0. The minimum atomic E-state index is 0.296. The van der Waals surface area contributed by atoms with Crippen molar-refractivity contribution in [3.8, 4) is 0 Å². The summed E-state index contributed by atoms with van der Waals surface area (Å²) in [5, 5.41) is 0. The largest absolute Gasteiger partial charge is 0.246 e. The highest BCUT2D eigenvalue weighted by Crippen LogP contribution is 1.78. The molecule has 0 saturated heterocycles. The van der Waals surface area contributed by atoms with Crippen LogP contribution in [0.5, 0.6) is 0 Å². The van der Waals surface area contributed by atoms with Gasteiger partial charge in [0.05, 0.1) is 0 Å². The topological polar surface area (TPSA) is 12.4 Å². The zero-order valence-corrected chi connectivity index (χ0v) is 4.22. The normalized spacial score (nSPS) is 6.60. The molecular weight excluding hydrogens is 102 g/mol. The zero-order chi connectivity index (χ0) is 4.28. The summed E-state index contributed by atoms with van der Waals surface area (Å²) >= 11 is 7.93. The van der Waals surface area contributed by atoms with Gasteiger partial charge in [-0.25, -0.2) is 4.99 Å². The molecule has 0 bridgehead atoms. The highest BCUT2D eigenvalue weighted by Gasteiger charge is 1.65. The second-order valence-corrected chi connectivity index (χ2v) is 1.55. The lowest BCUT2D eigenvalue weighted by atomic mass is 11.4. The maximum atomic E-state index is 4.33. The Balaban J connectivity index is 3.20. The molecule has 3 heteroatoms. The smallest absolute Gasteiger partial charge is 0.155 e. The molecule has 0 aliphatic heterocycles. The van der Waals surface area contributed by atoms with E-state index in [1.165, 1.54) is 0 Å². The molecule has 0 unspecified atom stereocenters. The van der Waals surface area contributed by atoms with E-state index in [-0.39, 0.29) is 0 Å². The molecule has 1 nitrogen and oxygen atoms in total. The van der Waals surface area contributed by atoms with E-state index >= 15 is 0 Å². The Morgan fingerprint density at radius 3 is 2.20 bits per heavy atom. The van der Waals surface area contributed by atoms with Gasteiger partial charge in [-0.2, -0.15) is 0 Å². The molecule has 0 aliphatic carbocycles. The Morgan fingerprint density at radius 1 is 2.00 bits per heavy atom. The standard InChI is InChI=1S/C2H3NS2/c1-3-2(4)5/h1H2,(H,4,5). The van der Waals surface area contributed by atoms with Crippen LogP contribution < -0.4 is 0 Å². The van der Waals surface area contributed by atoms with Crippen molar-refractivity contribution in [1.82, 2.24) is 0 Å². The molecule has 28 valence electrons. The number of thiocarbonyl (C=S) groups is 1. The van der Waals surface area contributed by atoms with Crippen LogP contribution >= 0.6 is 24.8 Å². The lowest BCUT2D eigenvalue weighted by Gasteiger charge is -1.68. The Bertz CT molecular complexity index is 58.7. The third-order valence-corrected chi connectivity index (χ3v) is 0.406. The molecule has 0 aromatic heterocycles. The van der Waals surface area contributed by atoms with Crippen molar-refractivity contribution >= 4 is 35.9 Å². The van der Waals surface area contributed by atoms with Crippen molar-refractivity contribution in [3.63, 3.8) is 0 Å². The summed E-state index contributed by atoms with van der Waals surface area (Å²) in [4.78, 5) is 3.23. The molecule has 0 spiro atoms. The van der Waals surface area contributed by atoms with Gasteiger partial charge >= 0.3 is 0 Å². The van der Waals surface area contributed by atoms with Gasteiger partial charge in [-0.15, -0.1) is 12.6 Å². The van der Waals surface area contributed by atoms with Gasteiger partial charge in [-0.3, -0.25) is 0 Å². The van der Waals surface area contributed by atoms with Crippen LogP contribution in [0.2, 0.25) is 0 Å². The Kier molecular flexibility index (Phi) is 2.41. The summed E-state index contributed by atoms with van der Waals surface area (Å²) < 4.78 is 0.296. The van der Waals surface area contributed by atoms with Crippen LogP contribution in [0.3, 0.4) is 0 Å². The van der Waals surface area contributed by atoms with E-state index in [4.69, 9.17) is 0 Å². The Hall–Kier alpha value is 0.110. The van der Waals surface area contributed by atoms with Gasteiger partial charge in [-0.1, -0.05) is 12.2 Å². The molecule has 0 fully saturated rings. The first-order valence-corrected chi connectivity index (χ1v) is 1.82. The molecule has 0 aromatic carbocycles. The number of aliphatic imine (C=N–C) groups is 1. The van der Waals surface area contributed by atoms with Gasteiger partial charge in [0.25, 0.3) is 0 Å².